The second-order valence-corrected chi connectivity index (χ2v) is 6.62. The van der Waals surface area contributed by atoms with Crippen molar-refractivity contribution in [1.82, 2.24) is 15.3 Å². The molecule has 0 unspecified atom stereocenters. The number of aromatic nitrogens is 2. The van der Waals surface area contributed by atoms with Gasteiger partial charge >= 0.3 is 0 Å². The van der Waals surface area contributed by atoms with Crippen LogP contribution in [0.4, 0.5) is 11.5 Å². The number of rotatable bonds is 7. The maximum Gasteiger partial charge on any atom is 0.270 e. The SMILES string of the molecule is O=C(NCCCc1ccccc1)c1cc(Nc2ccc3c(c2)OCCO3)ncn1. The Morgan fingerprint density at radius 2 is 1.79 bits per heavy atom. The summed E-state index contributed by atoms with van der Waals surface area (Å²) < 4.78 is 11.1. The molecule has 29 heavy (non-hydrogen) atoms. The molecule has 7 nitrogen and oxygen atoms in total. The van der Waals surface area contributed by atoms with E-state index >= 15 is 0 Å². The molecular formula is C22H22N4O3. The molecule has 7 heteroatoms. The van der Waals surface area contributed by atoms with Gasteiger partial charge in [-0.3, -0.25) is 4.79 Å². The zero-order valence-electron chi connectivity index (χ0n) is 15.9. The van der Waals surface area contributed by atoms with Gasteiger partial charge in [0.1, 0.15) is 31.1 Å². The summed E-state index contributed by atoms with van der Waals surface area (Å²) in [5, 5.41) is 6.08. The number of fused-ring (bicyclic) bond motifs is 1. The molecule has 3 aromatic rings. The molecule has 2 N–H and O–H groups in total. The second-order valence-electron chi connectivity index (χ2n) is 6.62. The smallest absolute Gasteiger partial charge is 0.270 e. The van der Waals surface area contributed by atoms with Gasteiger partial charge in [0.25, 0.3) is 5.91 Å². The molecule has 0 fully saturated rings. The zero-order valence-corrected chi connectivity index (χ0v) is 15.9. The van der Waals surface area contributed by atoms with Crippen molar-refractivity contribution < 1.29 is 14.3 Å². The van der Waals surface area contributed by atoms with Crippen LogP contribution in [0.5, 0.6) is 11.5 Å². The Balaban J connectivity index is 1.32. The lowest BCUT2D eigenvalue weighted by molar-refractivity contribution is 0.0948. The third-order valence-corrected chi connectivity index (χ3v) is 4.48. The summed E-state index contributed by atoms with van der Waals surface area (Å²) in [7, 11) is 0. The summed E-state index contributed by atoms with van der Waals surface area (Å²) in [6, 6.07) is 17.4. The lowest BCUT2D eigenvalue weighted by atomic mass is 10.1. The average molecular weight is 390 g/mol. The van der Waals surface area contributed by atoms with Gasteiger partial charge in [0.2, 0.25) is 0 Å². The number of nitrogens with zero attached hydrogens (tertiary/aromatic N) is 2. The molecule has 0 saturated heterocycles. The minimum absolute atomic E-state index is 0.217. The third kappa shape index (κ3) is 5.01. The van der Waals surface area contributed by atoms with Gasteiger partial charge in [-0.15, -0.1) is 0 Å². The van der Waals surface area contributed by atoms with Crippen molar-refractivity contribution in [3.63, 3.8) is 0 Å². The molecule has 2 heterocycles. The fourth-order valence-electron chi connectivity index (χ4n) is 3.05. The van der Waals surface area contributed by atoms with E-state index < -0.39 is 0 Å². The second kappa shape index (κ2) is 9.05. The van der Waals surface area contributed by atoms with Gasteiger partial charge in [0.15, 0.2) is 11.5 Å². The van der Waals surface area contributed by atoms with Gasteiger partial charge in [-0.1, -0.05) is 30.3 Å². The van der Waals surface area contributed by atoms with E-state index in [1.54, 1.807) is 6.07 Å². The first kappa shape index (κ1) is 18.7. The van der Waals surface area contributed by atoms with Crippen LogP contribution in [0.1, 0.15) is 22.5 Å². The van der Waals surface area contributed by atoms with E-state index in [-0.39, 0.29) is 5.91 Å². The van der Waals surface area contributed by atoms with Crippen molar-refractivity contribution in [2.45, 2.75) is 12.8 Å². The lowest BCUT2D eigenvalue weighted by Gasteiger charge is -2.19. The molecule has 2 aromatic carbocycles. The quantitative estimate of drug-likeness (QED) is 0.602. The Morgan fingerprint density at radius 1 is 0.966 bits per heavy atom. The Bertz CT molecular complexity index is 979. The number of aryl methyl sites for hydroxylation is 1. The summed E-state index contributed by atoms with van der Waals surface area (Å²) in [5.74, 6) is 1.73. The first-order valence-corrected chi connectivity index (χ1v) is 9.59. The summed E-state index contributed by atoms with van der Waals surface area (Å²) in [4.78, 5) is 20.7. The van der Waals surface area contributed by atoms with Crippen molar-refractivity contribution in [2.24, 2.45) is 0 Å². The molecule has 148 valence electrons. The first-order valence-electron chi connectivity index (χ1n) is 9.59. The van der Waals surface area contributed by atoms with Crippen molar-refractivity contribution >= 4 is 17.4 Å². The molecule has 0 atom stereocenters. The van der Waals surface area contributed by atoms with E-state index in [4.69, 9.17) is 9.47 Å². The van der Waals surface area contributed by atoms with E-state index in [0.717, 1.165) is 24.3 Å². The predicted octanol–water partition coefficient (Wildman–Crippen LogP) is 3.35. The molecule has 4 rings (SSSR count). The predicted molar refractivity (Wildman–Crippen MR) is 110 cm³/mol. The van der Waals surface area contributed by atoms with Crippen LogP contribution in [0.2, 0.25) is 0 Å². The van der Waals surface area contributed by atoms with Crippen molar-refractivity contribution in [1.29, 1.82) is 0 Å². The number of hydrogen-bond donors (Lipinski definition) is 2. The average Bonchev–Trinajstić information content (AvgIpc) is 2.77. The maximum atomic E-state index is 12.4. The van der Waals surface area contributed by atoms with Crippen LogP contribution in [-0.4, -0.2) is 35.6 Å². The van der Waals surface area contributed by atoms with Crippen LogP contribution in [0.3, 0.4) is 0 Å². The number of amides is 1. The minimum atomic E-state index is -0.217. The Labute approximate surface area is 169 Å². The Morgan fingerprint density at radius 3 is 2.66 bits per heavy atom. The van der Waals surface area contributed by atoms with Gasteiger partial charge in [-0.05, 0) is 30.5 Å². The molecular weight excluding hydrogens is 368 g/mol. The van der Waals surface area contributed by atoms with Crippen LogP contribution in [0, 0.1) is 0 Å². The zero-order chi connectivity index (χ0) is 19.9. The van der Waals surface area contributed by atoms with E-state index in [2.05, 4.69) is 32.7 Å². The van der Waals surface area contributed by atoms with Gasteiger partial charge in [-0.25, -0.2) is 9.97 Å². The number of anilines is 2. The number of hydrogen-bond acceptors (Lipinski definition) is 6. The van der Waals surface area contributed by atoms with Gasteiger partial charge in [0, 0.05) is 24.4 Å². The van der Waals surface area contributed by atoms with E-state index in [9.17, 15) is 4.79 Å². The van der Waals surface area contributed by atoms with Gasteiger partial charge in [0.05, 0.1) is 0 Å². The Kier molecular flexibility index (Phi) is 5.85. The highest BCUT2D eigenvalue weighted by atomic mass is 16.6. The normalized spacial score (nSPS) is 12.3. The standard InChI is InChI=1S/C22H22N4O3/c27-22(23-10-4-7-16-5-2-1-3-6-16)18-14-21(25-15-24-18)26-17-8-9-19-20(13-17)29-12-11-28-19/h1-3,5-6,8-9,13-15H,4,7,10-12H2,(H,23,27)(H,24,25,26). The number of nitrogens with one attached hydrogen (secondary N) is 2. The molecule has 0 aliphatic carbocycles. The summed E-state index contributed by atoms with van der Waals surface area (Å²) in [6.07, 6.45) is 3.16. The lowest BCUT2D eigenvalue weighted by Crippen LogP contribution is -2.25. The van der Waals surface area contributed by atoms with Crippen molar-refractivity contribution in [2.75, 3.05) is 25.1 Å². The monoisotopic (exact) mass is 390 g/mol. The molecule has 0 spiro atoms. The third-order valence-electron chi connectivity index (χ3n) is 4.48. The Hall–Kier alpha value is -3.61. The van der Waals surface area contributed by atoms with Gasteiger partial charge in [-0.2, -0.15) is 0 Å². The van der Waals surface area contributed by atoms with Crippen LogP contribution < -0.4 is 20.1 Å². The van der Waals surface area contributed by atoms with E-state index in [1.165, 1.54) is 11.9 Å². The van der Waals surface area contributed by atoms with E-state index in [1.807, 2.05) is 36.4 Å². The van der Waals surface area contributed by atoms with Crippen molar-refractivity contribution in [3.05, 3.63) is 72.2 Å². The topological polar surface area (TPSA) is 85.4 Å². The molecule has 1 aliphatic rings. The van der Waals surface area contributed by atoms with Crippen LogP contribution in [0.25, 0.3) is 0 Å². The molecule has 0 bridgehead atoms. The molecule has 1 aromatic heterocycles. The summed E-state index contributed by atoms with van der Waals surface area (Å²) in [5.41, 5.74) is 2.37. The molecule has 0 radical (unpaired) electrons. The number of carbonyl (C=O) groups excluding carboxylic acids is 1. The molecule has 1 aliphatic heterocycles. The van der Waals surface area contributed by atoms with Crippen LogP contribution in [0.15, 0.2) is 60.9 Å². The first-order chi connectivity index (χ1) is 14.3. The minimum Gasteiger partial charge on any atom is -0.486 e. The number of benzene rings is 2. The largest absolute Gasteiger partial charge is 0.486 e. The van der Waals surface area contributed by atoms with Crippen LogP contribution >= 0.6 is 0 Å². The highest BCUT2D eigenvalue weighted by molar-refractivity contribution is 5.92. The fourth-order valence-corrected chi connectivity index (χ4v) is 3.05. The highest BCUT2D eigenvalue weighted by Crippen LogP contribution is 2.33. The van der Waals surface area contributed by atoms with Crippen LogP contribution in [-0.2, 0) is 6.42 Å². The maximum absolute atomic E-state index is 12.4. The van der Waals surface area contributed by atoms with Crippen molar-refractivity contribution in [3.8, 4) is 11.5 Å². The number of carbonyl (C=O) groups is 1. The summed E-state index contributed by atoms with van der Waals surface area (Å²) >= 11 is 0. The molecule has 0 saturated carbocycles. The highest BCUT2D eigenvalue weighted by Gasteiger charge is 2.13. The number of ether oxygens (including phenoxy) is 2. The summed E-state index contributed by atoms with van der Waals surface area (Å²) in [6.45, 7) is 1.66. The fraction of sp³-hybridized carbons (Fsp3) is 0.227. The molecule has 1 amide bonds. The van der Waals surface area contributed by atoms with Gasteiger partial charge < -0.3 is 20.1 Å². The van der Waals surface area contributed by atoms with E-state index in [0.29, 0.717) is 37.0 Å².